The van der Waals surface area contributed by atoms with E-state index in [0.717, 1.165) is 30.2 Å². The number of rotatable bonds is 0. The van der Waals surface area contributed by atoms with Gasteiger partial charge in [-0.2, -0.15) is 0 Å². The number of amidine groups is 1. The highest BCUT2D eigenvalue weighted by Gasteiger charge is 2.24. The van der Waals surface area contributed by atoms with Gasteiger partial charge in [0.2, 0.25) is 5.91 Å². The maximum Gasteiger partial charge on any atom is 0.248 e. The Morgan fingerprint density at radius 3 is 2.43 bits per heavy atom. The molecule has 4 heteroatoms. The first-order valence-electron chi connectivity index (χ1n) is 7.93. The molecule has 0 unspecified atom stereocenters. The number of likely N-dealkylation sites (N-methyl/N-ethyl adjacent to an activating group) is 1. The van der Waals surface area contributed by atoms with Gasteiger partial charge in [0.1, 0.15) is 12.4 Å². The van der Waals surface area contributed by atoms with Crippen molar-refractivity contribution in [1.29, 1.82) is 0 Å². The molecule has 0 atom stereocenters. The fourth-order valence-electron chi connectivity index (χ4n) is 3.15. The quantitative estimate of drug-likeness (QED) is 0.734. The largest absolute Gasteiger partial charge is 0.356 e. The van der Waals surface area contributed by atoms with Crippen LogP contribution < -0.4 is 4.90 Å². The number of carbonyl (C=O) groups excluding carboxylic acids is 1. The molecule has 2 heterocycles. The Morgan fingerprint density at radius 2 is 1.67 bits per heavy atom. The van der Waals surface area contributed by atoms with E-state index in [-0.39, 0.29) is 12.5 Å². The normalized spacial score (nSPS) is 20.2. The summed E-state index contributed by atoms with van der Waals surface area (Å²) in [5.74, 6) is 1.06. The summed E-state index contributed by atoms with van der Waals surface area (Å²) < 4.78 is 0. The molecule has 1 saturated heterocycles. The second kappa shape index (κ2) is 6.29. The molecule has 0 spiro atoms. The molecule has 1 aromatic carbocycles. The monoisotopic (exact) mass is 285 g/mol. The third-order valence-corrected chi connectivity index (χ3v) is 4.40. The number of hydrogen-bond acceptors (Lipinski definition) is 3. The van der Waals surface area contributed by atoms with Gasteiger partial charge in [0.15, 0.2) is 0 Å². The zero-order valence-corrected chi connectivity index (χ0v) is 12.7. The van der Waals surface area contributed by atoms with Crippen LogP contribution in [-0.2, 0) is 4.79 Å². The Balaban J connectivity index is 1.96. The number of fused-ring (bicyclic) bond motifs is 1. The Hall–Kier alpha value is -1.84. The number of amides is 1. The van der Waals surface area contributed by atoms with Crippen LogP contribution in [0.4, 0.5) is 5.69 Å². The summed E-state index contributed by atoms with van der Waals surface area (Å²) in [6.45, 7) is 2.34. The van der Waals surface area contributed by atoms with Crippen molar-refractivity contribution in [2.24, 2.45) is 4.99 Å². The molecular formula is C17H23N3O. The summed E-state index contributed by atoms with van der Waals surface area (Å²) >= 11 is 0. The minimum atomic E-state index is 0.0597. The van der Waals surface area contributed by atoms with Gasteiger partial charge >= 0.3 is 0 Å². The summed E-state index contributed by atoms with van der Waals surface area (Å²) in [6.07, 6.45) is 6.36. The molecule has 0 saturated carbocycles. The zero-order valence-electron chi connectivity index (χ0n) is 12.7. The topological polar surface area (TPSA) is 35.9 Å². The molecule has 1 aromatic rings. The van der Waals surface area contributed by atoms with Crippen molar-refractivity contribution in [3.05, 3.63) is 29.8 Å². The minimum absolute atomic E-state index is 0.0597. The molecule has 2 aliphatic rings. The van der Waals surface area contributed by atoms with Gasteiger partial charge in [-0.05, 0) is 25.0 Å². The Morgan fingerprint density at radius 1 is 1.00 bits per heavy atom. The fourth-order valence-corrected chi connectivity index (χ4v) is 3.15. The first kappa shape index (κ1) is 14.1. The highest BCUT2D eigenvalue weighted by Crippen LogP contribution is 2.25. The lowest BCUT2D eigenvalue weighted by atomic mass is 10.1. The predicted molar refractivity (Wildman–Crippen MR) is 85.9 cm³/mol. The van der Waals surface area contributed by atoms with Crippen molar-refractivity contribution >= 4 is 17.4 Å². The molecule has 0 radical (unpaired) electrons. The van der Waals surface area contributed by atoms with Crippen LogP contribution in [0.2, 0.25) is 0 Å². The zero-order chi connectivity index (χ0) is 14.7. The van der Waals surface area contributed by atoms with Crippen LogP contribution >= 0.6 is 0 Å². The van der Waals surface area contributed by atoms with Crippen LogP contribution in [0.15, 0.2) is 29.3 Å². The first-order chi connectivity index (χ1) is 10.3. The number of benzodiazepines with no additional fused rings is 1. The van der Waals surface area contributed by atoms with Gasteiger partial charge in [-0.25, -0.2) is 0 Å². The third kappa shape index (κ3) is 2.94. The minimum Gasteiger partial charge on any atom is -0.356 e. The molecule has 1 amide bonds. The van der Waals surface area contributed by atoms with Gasteiger partial charge in [-0.1, -0.05) is 31.4 Å². The first-order valence-corrected chi connectivity index (χ1v) is 7.93. The molecule has 4 nitrogen and oxygen atoms in total. The number of para-hydroxylation sites is 1. The average molecular weight is 285 g/mol. The van der Waals surface area contributed by atoms with E-state index >= 15 is 0 Å². The van der Waals surface area contributed by atoms with Crippen molar-refractivity contribution in [2.75, 3.05) is 31.6 Å². The second-order valence-corrected chi connectivity index (χ2v) is 5.86. The average Bonchev–Trinajstić information content (AvgIpc) is 2.59. The summed E-state index contributed by atoms with van der Waals surface area (Å²) in [5.41, 5.74) is 2.06. The van der Waals surface area contributed by atoms with Crippen LogP contribution in [-0.4, -0.2) is 43.3 Å². The predicted octanol–water partition coefficient (Wildman–Crippen LogP) is 2.68. The van der Waals surface area contributed by atoms with E-state index in [2.05, 4.69) is 16.0 Å². The lowest BCUT2D eigenvalue weighted by Crippen LogP contribution is -2.34. The number of likely N-dealkylation sites (tertiary alicyclic amines) is 1. The van der Waals surface area contributed by atoms with Gasteiger partial charge in [0.25, 0.3) is 0 Å². The van der Waals surface area contributed by atoms with Crippen LogP contribution in [0.1, 0.15) is 37.7 Å². The maximum absolute atomic E-state index is 12.1. The van der Waals surface area contributed by atoms with E-state index in [4.69, 9.17) is 0 Å². The standard InChI is InChI=1S/C17H23N3O/c1-19-15-10-6-5-9-14(15)17(18-13-16(19)21)20-11-7-3-2-4-8-12-20/h5-6,9-10H,2-4,7-8,11-13H2,1H3. The van der Waals surface area contributed by atoms with Crippen LogP contribution in [0, 0.1) is 0 Å². The number of benzene rings is 1. The molecule has 0 aromatic heterocycles. The molecule has 21 heavy (non-hydrogen) atoms. The molecule has 1 fully saturated rings. The van der Waals surface area contributed by atoms with Gasteiger partial charge in [-0.3, -0.25) is 9.79 Å². The van der Waals surface area contributed by atoms with Crippen LogP contribution in [0.3, 0.4) is 0 Å². The van der Waals surface area contributed by atoms with Crippen molar-refractivity contribution in [1.82, 2.24) is 4.90 Å². The Bertz CT molecular complexity index is 545. The van der Waals surface area contributed by atoms with Crippen molar-refractivity contribution < 1.29 is 4.79 Å². The van der Waals surface area contributed by atoms with E-state index < -0.39 is 0 Å². The van der Waals surface area contributed by atoms with Crippen molar-refractivity contribution in [3.63, 3.8) is 0 Å². The number of hydrogen-bond donors (Lipinski definition) is 0. The van der Waals surface area contributed by atoms with E-state index in [1.54, 1.807) is 4.90 Å². The van der Waals surface area contributed by atoms with Crippen molar-refractivity contribution in [2.45, 2.75) is 32.1 Å². The van der Waals surface area contributed by atoms with E-state index in [1.165, 1.54) is 32.1 Å². The number of nitrogens with zero attached hydrogens (tertiary/aromatic N) is 3. The molecule has 3 rings (SSSR count). The Labute approximate surface area is 126 Å². The maximum atomic E-state index is 12.1. The van der Waals surface area contributed by atoms with Gasteiger partial charge < -0.3 is 9.80 Å². The summed E-state index contributed by atoms with van der Waals surface area (Å²) in [4.78, 5) is 20.9. The smallest absolute Gasteiger partial charge is 0.248 e. The highest BCUT2D eigenvalue weighted by molar-refractivity contribution is 6.10. The number of anilines is 1. The SMILES string of the molecule is CN1C(=O)CN=C(N2CCCCCCC2)c2ccccc21. The highest BCUT2D eigenvalue weighted by atomic mass is 16.2. The number of carbonyl (C=O) groups is 1. The summed E-state index contributed by atoms with van der Waals surface area (Å²) in [6, 6.07) is 8.11. The lowest BCUT2D eigenvalue weighted by Gasteiger charge is -2.29. The van der Waals surface area contributed by atoms with E-state index in [9.17, 15) is 4.79 Å². The molecule has 2 aliphatic heterocycles. The lowest BCUT2D eigenvalue weighted by molar-refractivity contribution is -0.116. The van der Waals surface area contributed by atoms with Crippen LogP contribution in [0.25, 0.3) is 0 Å². The summed E-state index contributed by atoms with van der Waals surface area (Å²) in [5, 5.41) is 0. The van der Waals surface area contributed by atoms with Crippen molar-refractivity contribution in [3.8, 4) is 0 Å². The molecule has 0 bridgehead atoms. The molecule has 0 aliphatic carbocycles. The fraction of sp³-hybridized carbons (Fsp3) is 0.529. The van der Waals surface area contributed by atoms with Gasteiger partial charge in [0.05, 0.1) is 5.69 Å². The Kier molecular flexibility index (Phi) is 4.23. The summed E-state index contributed by atoms with van der Waals surface area (Å²) in [7, 11) is 1.84. The molecule has 0 N–H and O–H groups in total. The van der Waals surface area contributed by atoms with Crippen LogP contribution in [0.5, 0.6) is 0 Å². The van der Waals surface area contributed by atoms with Gasteiger partial charge in [-0.15, -0.1) is 0 Å². The number of aliphatic imine (C=N–C) groups is 1. The molecular weight excluding hydrogens is 262 g/mol. The van der Waals surface area contributed by atoms with E-state index in [0.29, 0.717) is 0 Å². The third-order valence-electron chi connectivity index (χ3n) is 4.40. The molecule has 112 valence electrons. The van der Waals surface area contributed by atoms with Gasteiger partial charge in [0, 0.05) is 25.7 Å². The van der Waals surface area contributed by atoms with E-state index in [1.807, 2.05) is 25.2 Å². The second-order valence-electron chi connectivity index (χ2n) is 5.86.